The number of hydrogen-bond donors (Lipinski definition) is 2. The van der Waals surface area contributed by atoms with Crippen molar-refractivity contribution in [1.29, 1.82) is 0 Å². The molecule has 0 amide bonds. The third-order valence-corrected chi connectivity index (χ3v) is 1.93. The maximum absolute atomic E-state index is 5.94. The Morgan fingerprint density at radius 3 is 2.80 bits per heavy atom. The monoisotopic (exact) mass is 138 g/mol. The maximum atomic E-state index is 5.94. The molecule has 1 aliphatic carbocycles. The van der Waals surface area contributed by atoms with Gasteiger partial charge in [-0.2, -0.15) is 0 Å². The summed E-state index contributed by atoms with van der Waals surface area (Å²) in [5.74, 6) is 0. The maximum Gasteiger partial charge on any atom is 0.0394 e. The standard InChI is InChI=1S/C8H14N2/c1-2-8(10)5-3-4-7(9)6-8/h3-5H,2,6,9-10H2,1H3. The molecule has 4 N–H and O–H groups in total. The molecule has 10 heavy (non-hydrogen) atoms. The van der Waals surface area contributed by atoms with E-state index in [4.69, 9.17) is 11.5 Å². The molecule has 2 heteroatoms. The molecule has 56 valence electrons. The van der Waals surface area contributed by atoms with Crippen molar-refractivity contribution in [2.45, 2.75) is 25.3 Å². The molecule has 0 bridgehead atoms. The predicted molar refractivity (Wildman–Crippen MR) is 43.2 cm³/mol. The van der Waals surface area contributed by atoms with Crippen molar-refractivity contribution in [2.24, 2.45) is 11.5 Å². The second kappa shape index (κ2) is 2.46. The highest BCUT2D eigenvalue weighted by Crippen LogP contribution is 2.20. The first-order valence-corrected chi connectivity index (χ1v) is 3.59. The van der Waals surface area contributed by atoms with Gasteiger partial charge in [-0.1, -0.05) is 19.1 Å². The summed E-state index contributed by atoms with van der Waals surface area (Å²) in [7, 11) is 0. The fraction of sp³-hybridized carbons (Fsp3) is 0.500. The Morgan fingerprint density at radius 1 is 1.70 bits per heavy atom. The third kappa shape index (κ3) is 1.39. The fourth-order valence-electron chi connectivity index (χ4n) is 1.10. The molecule has 0 fully saturated rings. The molecule has 1 aliphatic rings. The number of nitrogens with two attached hydrogens (primary N) is 2. The van der Waals surface area contributed by atoms with E-state index in [0.29, 0.717) is 0 Å². The van der Waals surface area contributed by atoms with Gasteiger partial charge in [0, 0.05) is 17.7 Å². The van der Waals surface area contributed by atoms with Crippen LogP contribution in [0.1, 0.15) is 19.8 Å². The lowest BCUT2D eigenvalue weighted by atomic mass is 9.88. The van der Waals surface area contributed by atoms with Crippen molar-refractivity contribution < 1.29 is 0 Å². The zero-order valence-corrected chi connectivity index (χ0v) is 6.30. The van der Waals surface area contributed by atoms with Crippen LogP contribution < -0.4 is 11.5 Å². The molecule has 0 aromatic carbocycles. The van der Waals surface area contributed by atoms with Crippen LogP contribution in [0.25, 0.3) is 0 Å². The van der Waals surface area contributed by atoms with Gasteiger partial charge in [0.05, 0.1) is 0 Å². The molecule has 0 radical (unpaired) electrons. The van der Waals surface area contributed by atoms with Crippen molar-refractivity contribution in [3.63, 3.8) is 0 Å². The summed E-state index contributed by atoms with van der Waals surface area (Å²) in [6.07, 6.45) is 7.59. The number of hydrogen-bond acceptors (Lipinski definition) is 2. The van der Waals surface area contributed by atoms with Gasteiger partial charge in [0.25, 0.3) is 0 Å². The Labute approximate surface area is 61.6 Å². The second-order valence-corrected chi connectivity index (χ2v) is 2.86. The van der Waals surface area contributed by atoms with Crippen molar-refractivity contribution in [2.75, 3.05) is 0 Å². The molecule has 1 atom stereocenters. The first-order chi connectivity index (χ1) is 4.66. The van der Waals surface area contributed by atoms with Crippen LogP contribution >= 0.6 is 0 Å². The molecule has 0 saturated carbocycles. The smallest absolute Gasteiger partial charge is 0.0394 e. The molecule has 1 rings (SSSR count). The van der Waals surface area contributed by atoms with E-state index in [0.717, 1.165) is 18.5 Å². The summed E-state index contributed by atoms with van der Waals surface area (Å²) in [6, 6.07) is 0. The molecular weight excluding hydrogens is 124 g/mol. The molecule has 0 aromatic rings. The van der Waals surface area contributed by atoms with Gasteiger partial charge in [0.2, 0.25) is 0 Å². The van der Waals surface area contributed by atoms with Gasteiger partial charge < -0.3 is 11.5 Å². The Balaban J connectivity index is 2.71. The van der Waals surface area contributed by atoms with Crippen LogP contribution in [0.4, 0.5) is 0 Å². The Bertz CT molecular complexity index is 182. The van der Waals surface area contributed by atoms with E-state index in [-0.39, 0.29) is 5.54 Å². The highest BCUT2D eigenvalue weighted by Gasteiger charge is 2.21. The lowest BCUT2D eigenvalue weighted by Crippen LogP contribution is -2.39. The molecule has 0 aromatic heterocycles. The number of rotatable bonds is 1. The molecule has 0 spiro atoms. The van der Waals surface area contributed by atoms with E-state index in [2.05, 4.69) is 6.92 Å². The summed E-state index contributed by atoms with van der Waals surface area (Å²) >= 11 is 0. The van der Waals surface area contributed by atoms with Crippen molar-refractivity contribution in [3.05, 3.63) is 23.9 Å². The van der Waals surface area contributed by atoms with Crippen LogP contribution in [0.15, 0.2) is 23.9 Å². The highest BCUT2D eigenvalue weighted by molar-refractivity contribution is 5.24. The first kappa shape index (κ1) is 7.35. The molecule has 0 aliphatic heterocycles. The quantitative estimate of drug-likeness (QED) is 0.565. The Kier molecular flexibility index (Phi) is 1.81. The van der Waals surface area contributed by atoms with Gasteiger partial charge >= 0.3 is 0 Å². The zero-order valence-electron chi connectivity index (χ0n) is 6.30. The largest absolute Gasteiger partial charge is 0.402 e. The Hall–Kier alpha value is -0.760. The van der Waals surface area contributed by atoms with Gasteiger partial charge in [-0.15, -0.1) is 0 Å². The van der Waals surface area contributed by atoms with E-state index in [1.54, 1.807) is 0 Å². The average molecular weight is 138 g/mol. The van der Waals surface area contributed by atoms with Crippen LogP contribution in [0.2, 0.25) is 0 Å². The van der Waals surface area contributed by atoms with Crippen LogP contribution in [0.5, 0.6) is 0 Å². The molecule has 1 unspecified atom stereocenters. The van der Waals surface area contributed by atoms with Gasteiger partial charge in [0.1, 0.15) is 0 Å². The zero-order chi connectivity index (χ0) is 7.61. The lowest BCUT2D eigenvalue weighted by Gasteiger charge is -2.26. The molecule has 0 heterocycles. The molecule has 2 nitrogen and oxygen atoms in total. The minimum absolute atomic E-state index is 0.182. The number of allylic oxidation sites excluding steroid dienone is 2. The van der Waals surface area contributed by atoms with Crippen LogP contribution in [0.3, 0.4) is 0 Å². The second-order valence-electron chi connectivity index (χ2n) is 2.86. The SMILES string of the molecule is CCC1(N)C=CC=C(N)C1. The van der Waals surface area contributed by atoms with Crippen LogP contribution in [-0.4, -0.2) is 5.54 Å². The summed E-state index contributed by atoms with van der Waals surface area (Å²) in [5, 5.41) is 0. The molecule has 0 saturated heterocycles. The van der Waals surface area contributed by atoms with Crippen molar-refractivity contribution >= 4 is 0 Å². The van der Waals surface area contributed by atoms with Gasteiger partial charge in [-0.3, -0.25) is 0 Å². The minimum Gasteiger partial charge on any atom is -0.402 e. The third-order valence-electron chi connectivity index (χ3n) is 1.93. The van der Waals surface area contributed by atoms with Gasteiger partial charge in [-0.25, -0.2) is 0 Å². The summed E-state index contributed by atoms with van der Waals surface area (Å²) in [6.45, 7) is 2.07. The lowest BCUT2D eigenvalue weighted by molar-refractivity contribution is 0.498. The fourth-order valence-corrected chi connectivity index (χ4v) is 1.10. The van der Waals surface area contributed by atoms with E-state index in [1.807, 2.05) is 18.2 Å². The summed E-state index contributed by atoms with van der Waals surface area (Å²) < 4.78 is 0. The van der Waals surface area contributed by atoms with Crippen LogP contribution in [-0.2, 0) is 0 Å². The topological polar surface area (TPSA) is 52.0 Å². The normalized spacial score (nSPS) is 32.0. The summed E-state index contributed by atoms with van der Waals surface area (Å²) in [5.41, 5.74) is 12.3. The van der Waals surface area contributed by atoms with E-state index in [1.165, 1.54) is 0 Å². The van der Waals surface area contributed by atoms with Gasteiger partial charge in [-0.05, 0) is 12.5 Å². The predicted octanol–water partition coefficient (Wildman–Crippen LogP) is 0.896. The van der Waals surface area contributed by atoms with Crippen LogP contribution in [0, 0.1) is 0 Å². The van der Waals surface area contributed by atoms with Crippen molar-refractivity contribution in [3.8, 4) is 0 Å². The molecular formula is C8H14N2. The minimum atomic E-state index is -0.182. The highest BCUT2D eigenvalue weighted by atomic mass is 14.7. The van der Waals surface area contributed by atoms with E-state index >= 15 is 0 Å². The summed E-state index contributed by atoms with van der Waals surface area (Å²) in [4.78, 5) is 0. The van der Waals surface area contributed by atoms with E-state index < -0.39 is 0 Å². The Morgan fingerprint density at radius 2 is 2.40 bits per heavy atom. The van der Waals surface area contributed by atoms with Crippen molar-refractivity contribution in [1.82, 2.24) is 0 Å². The first-order valence-electron chi connectivity index (χ1n) is 3.59. The van der Waals surface area contributed by atoms with E-state index in [9.17, 15) is 0 Å². The average Bonchev–Trinajstić information content (AvgIpc) is 1.88. The van der Waals surface area contributed by atoms with Gasteiger partial charge in [0.15, 0.2) is 0 Å².